The van der Waals surface area contributed by atoms with Crippen molar-refractivity contribution in [1.29, 1.82) is 0 Å². The monoisotopic (exact) mass is 469 g/mol. The second-order valence-electron chi connectivity index (χ2n) is 6.04. The van der Waals surface area contributed by atoms with E-state index in [4.69, 9.17) is 4.74 Å². The summed E-state index contributed by atoms with van der Waals surface area (Å²) in [6, 6.07) is 12.8. The van der Waals surface area contributed by atoms with Crippen molar-refractivity contribution in [2.24, 2.45) is 4.99 Å². The van der Waals surface area contributed by atoms with Crippen LogP contribution < -0.4 is 15.5 Å². The predicted octanol–water partition coefficient (Wildman–Crippen LogP) is 2.31. The van der Waals surface area contributed by atoms with Crippen molar-refractivity contribution in [1.82, 2.24) is 15.2 Å². The van der Waals surface area contributed by atoms with Crippen molar-refractivity contribution in [2.75, 3.05) is 44.8 Å². The van der Waals surface area contributed by atoms with Gasteiger partial charge in [-0.3, -0.25) is 4.99 Å². The van der Waals surface area contributed by atoms with E-state index in [2.05, 4.69) is 61.8 Å². The predicted molar refractivity (Wildman–Crippen MR) is 118 cm³/mol. The average Bonchev–Trinajstić information content (AvgIpc) is 3.19. The van der Waals surface area contributed by atoms with Crippen LogP contribution >= 0.6 is 24.0 Å². The molecule has 3 rings (SSSR count). The molecule has 2 aromatic rings. The minimum Gasteiger partial charge on any atom is -0.378 e. The Labute approximate surface area is 172 Å². The summed E-state index contributed by atoms with van der Waals surface area (Å²) >= 11 is 0. The van der Waals surface area contributed by atoms with Gasteiger partial charge in [0.25, 0.3) is 0 Å². The van der Waals surface area contributed by atoms with Gasteiger partial charge in [-0.05, 0) is 29.8 Å². The molecule has 0 bridgehead atoms. The Balaban J connectivity index is 0.00000243. The fourth-order valence-corrected chi connectivity index (χ4v) is 2.88. The Morgan fingerprint density at radius 3 is 2.42 bits per heavy atom. The Bertz CT molecular complexity index is 651. The van der Waals surface area contributed by atoms with Gasteiger partial charge in [-0.2, -0.15) is 0 Å². The van der Waals surface area contributed by atoms with E-state index in [9.17, 15) is 0 Å². The summed E-state index contributed by atoms with van der Waals surface area (Å²) in [5.41, 5.74) is 2.51. The molecular weight excluding hydrogens is 441 g/mol. The van der Waals surface area contributed by atoms with Gasteiger partial charge in [0.15, 0.2) is 5.96 Å². The van der Waals surface area contributed by atoms with Crippen LogP contribution in [0.25, 0.3) is 0 Å². The number of halogens is 1. The van der Waals surface area contributed by atoms with E-state index in [-0.39, 0.29) is 24.0 Å². The first-order valence-corrected chi connectivity index (χ1v) is 8.82. The number of hydrogen-bond acceptors (Lipinski definition) is 3. The zero-order chi connectivity index (χ0) is 17.3. The quantitative estimate of drug-likeness (QED) is 0.388. The molecule has 0 spiro atoms. The minimum absolute atomic E-state index is 0. The molecule has 1 aliphatic heterocycles. The Kier molecular flexibility index (Phi) is 8.76. The number of hydrogen-bond donors (Lipinski definition) is 2. The fourth-order valence-electron chi connectivity index (χ4n) is 2.88. The smallest absolute Gasteiger partial charge is 0.191 e. The highest BCUT2D eigenvalue weighted by molar-refractivity contribution is 14.0. The summed E-state index contributed by atoms with van der Waals surface area (Å²) in [6.07, 6.45) is 4.13. The van der Waals surface area contributed by atoms with Gasteiger partial charge in [-0.15, -0.1) is 24.0 Å². The average molecular weight is 469 g/mol. The third kappa shape index (κ3) is 6.21. The number of nitrogens with zero attached hydrogens (tertiary/aromatic N) is 3. The molecule has 0 atom stereocenters. The molecule has 0 amide bonds. The van der Waals surface area contributed by atoms with E-state index in [1.807, 2.05) is 12.1 Å². The van der Waals surface area contributed by atoms with E-state index in [0.29, 0.717) is 0 Å². The van der Waals surface area contributed by atoms with Crippen molar-refractivity contribution < 1.29 is 4.74 Å². The van der Waals surface area contributed by atoms with E-state index >= 15 is 0 Å². The summed E-state index contributed by atoms with van der Waals surface area (Å²) in [5, 5.41) is 6.70. The maximum Gasteiger partial charge on any atom is 0.191 e. The molecule has 2 heterocycles. The fraction of sp³-hybridized carbons (Fsp3) is 0.421. The zero-order valence-corrected chi connectivity index (χ0v) is 17.6. The molecular formula is C19H28IN5O. The Morgan fingerprint density at radius 1 is 1.08 bits per heavy atom. The second-order valence-corrected chi connectivity index (χ2v) is 6.04. The third-order valence-electron chi connectivity index (χ3n) is 4.32. The molecule has 7 heteroatoms. The van der Waals surface area contributed by atoms with Crippen LogP contribution in [0.1, 0.15) is 5.56 Å². The minimum atomic E-state index is 0. The summed E-state index contributed by atoms with van der Waals surface area (Å²) in [6.45, 7) is 6.08. The van der Waals surface area contributed by atoms with Gasteiger partial charge in [0.1, 0.15) is 0 Å². The SMILES string of the molecule is CN=C(NCCn1cccc1)NCc1ccc(N2CCOCC2)cc1.I. The van der Waals surface area contributed by atoms with E-state index < -0.39 is 0 Å². The first kappa shape index (κ1) is 20.6. The van der Waals surface area contributed by atoms with Crippen LogP contribution in [0.2, 0.25) is 0 Å². The molecule has 142 valence electrons. The van der Waals surface area contributed by atoms with Gasteiger partial charge in [0.05, 0.1) is 13.2 Å². The molecule has 0 radical (unpaired) electrons. The maximum absolute atomic E-state index is 5.40. The lowest BCUT2D eigenvalue weighted by Crippen LogP contribution is -2.38. The zero-order valence-electron chi connectivity index (χ0n) is 15.2. The number of nitrogens with one attached hydrogen (secondary N) is 2. The highest BCUT2D eigenvalue weighted by Crippen LogP contribution is 2.16. The molecule has 1 aliphatic rings. The van der Waals surface area contributed by atoms with Gasteiger partial charge in [0.2, 0.25) is 0 Å². The molecule has 1 aromatic carbocycles. The number of aliphatic imine (C=N–C) groups is 1. The number of benzene rings is 1. The third-order valence-corrected chi connectivity index (χ3v) is 4.32. The summed E-state index contributed by atoms with van der Waals surface area (Å²) in [7, 11) is 1.80. The molecule has 6 nitrogen and oxygen atoms in total. The van der Waals surface area contributed by atoms with E-state index in [1.165, 1.54) is 11.3 Å². The van der Waals surface area contributed by atoms with Crippen LogP contribution in [0, 0.1) is 0 Å². The van der Waals surface area contributed by atoms with E-state index in [0.717, 1.165) is 51.9 Å². The molecule has 0 saturated carbocycles. The molecule has 0 aliphatic carbocycles. The first-order chi connectivity index (χ1) is 12.3. The van der Waals surface area contributed by atoms with Gasteiger partial charge < -0.3 is 24.8 Å². The number of ether oxygens (including phenoxy) is 1. The molecule has 2 N–H and O–H groups in total. The largest absolute Gasteiger partial charge is 0.378 e. The topological polar surface area (TPSA) is 53.8 Å². The number of morpholine rings is 1. The summed E-state index contributed by atoms with van der Waals surface area (Å²) < 4.78 is 7.55. The summed E-state index contributed by atoms with van der Waals surface area (Å²) in [5.74, 6) is 0.824. The van der Waals surface area contributed by atoms with Crippen LogP contribution in [0.15, 0.2) is 53.8 Å². The second kappa shape index (κ2) is 11.1. The van der Waals surface area contributed by atoms with E-state index in [1.54, 1.807) is 7.05 Å². The Hall–Kier alpha value is -1.74. The van der Waals surface area contributed by atoms with Crippen molar-refractivity contribution >= 4 is 35.6 Å². The van der Waals surface area contributed by atoms with Crippen molar-refractivity contribution in [2.45, 2.75) is 13.1 Å². The molecule has 1 fully saturated rings. The highest BCUT2D eigenvalue weighted by Gasteiger charge is 2.10. The van der Waals surface area contributed by atoms with Crippen LogP contribution in [0.5, 0.6) is 0 Å². The lowest BCUT2D eigenvalue weighted by atomic mass is 10.2. The van der Waals surface area contributed by atoms with Gasteiger partial charge >= 0.3 is 0 Å². The van der Waals surface area contributed by atoms with Gasteiger partial charge in [0, 0.05) is 57.9 Å². The lowest BCUT2D eigenvalue weighted by Gasteiger charge is -2.28. The normalized spacial score (nSPS) is 14.7. The van der Waals surface area contributed by atoms with Crippen molar-refractivity contribution in [3.63, 3.8) is 0 Å². The maximum atomic E-state index is 5.40. The first-order valence-electron chi connectivity index (χ1n) is 8.82. The number of rotatable bonds is 6. The molecule has 1 saturated heterocycles. The highest BCUT2D eigenvalue weighted by atomic mass is 127. The van der Waals surface area contributed by atoms with Crippen molar-refractivity contribution in [3.8, 4) is 0 Å². The summed E-state index contributed by atoms with van der Waals surface area (Å²) in [4.78, 5) is 6.64. The standard InChI is InChI=1S/C19H27N5O.HI/c1-20-19(21-8-11-23-9-2-3-10-23)22-16-17-4-6-18(7-5-17)24-12-14-25-15-13-24;/h2-7,9-10H,8,11-16H2,1H3,(H2,20,21,22);1H. The Morgan fingerprint density at radius 2 is 1.77 bits per heavy atom. The van der Waals surface area contributed by atoms with Gasteiger partial charge in [-0.1, -0.05) is 12.1 Å². The van der Waals surface area contributed by atoms with Crippen LogP contribution in [-0.4, -0.2) is 50.4 Å². The molecule has 1 aromatic heterocycles. The number of aromatic nitrogens is 1. The van der Waals surface area contributed by atoms with Crippen molar-refractivity contribution in [3.05, 3.63) is 54.4 Å². The van der Waals surface area contributed by atoms with Crippen LogP contribution in [0.4, 0.5) is 5.69 Å². The molecule has 0 unspecified atom stereocenters. The number of anilines is 1. The lowest BCUT2D eigenvalue weighted by molar-refractivity contribution is 0.122. The molecule has 26 heavy (non-hydrogen) atoms. The van der Waals surface area contributed by atoms with Crippen LogP contribution in [-0.2, 0) is 17.8 Å². The number of guanidine groups is 1. The van der Waals surface area contributed by atoms with Gasteiger partial charge in [-0.25, -0.2) is 0 Å². The van der Waals surface area contributed by atoms with Crippen LogP contribution in [0.3, 0.4) is 0 Å².